The van der Waals surface area contributed by atoms with Crippen molar-refractivity contribution in [3.05, 3.63) is 69.4 Å². The summed E-state index contributed by atoms with van der Waals surface area (Å²) in [6.45, 7) is 15.8. The minimum Gasteiger partial charge on any atom is -0.496 e. The Balaban J connectivity index is 1.65. The van der Waals surface area contributed by atoms with Crippen molar-refractivity contribution in [2.45, 2.75) is 53.7 Å². The number of aryl methyl sites for hydroxylation is 1. The van der Waals surface area contributed by atoms with Gasteiger partial charge in [-0.3, -0.25) is 0 Å². The number of esters is 1. The predicted octanol–water partition coefficient (Wildman–Crippen LogP) is 7.47. The van der Waals surface area contributed by atoms with E-state index in [1.807, 2.05) is 25.1 Å². The molecule has 43 heavy (non-hydrogen) atoms. The number of carbonyl (C=O) groups is 2. The van der Waals surface area contributed by atoms with Gasteiger partial charge in [0.1, 0.15) is 23.0 Å². The first kappa shape index (κ1) is 32.1. The summed E-state index contributed by atoms with van der Waals surface area (Å²) in [6.07, 6.45) is 1.76. The quantitative estimate of drug-likeness (QED) is 0.227. The second-order valence-corrected chi connectivity index (χ2v) is 12.6. The number of allylic oxidation sites excluding steroid dienone is 1. The Hall–Kier alpha value is -3.82. The molecule has 0 atom stereocenters. The van der Waals surface area contributed by atoms with Gasteiger partial charge in [0.15, 0.2) is 0 Å². The molecule has 0 spiro atoms. The fraction of sp³-hybridized carbons (Fsp3) is 0.412. The number of hydrogen-bond acceptors (Lipinski definition) is 8. The maximum Gasteiger partial charge on any atom is 0.415 e. The number of nitrogens with zero attached hydrogens (tertiary/aromatic N) is 2. The van der Waals surface area contributed by atoms with Gasteiger partial charge in [-0.15, -0.1) is 11.3 Å². The average molecular weight is 606 g/mol. The highest BCUT2D eigenvalue weighted by Gasteiger charge is 2.27. The van der Waals surface area contributed by atoms with Crippen LogP contribution in [0.4, 0.5) is 10.5 Å². The van der Waals surface area contributed by atoms with Crippen LogP contribution in [-0.2, 0) is 11.3 Å². The molecule has 230 valence electrons. The summed E-state index contributed by atoms with van der Waals surface area (Å²) in [6, 6.07) is 13.1. The molecular formula is C34H43N3O5S. The summed E-state index contributed by atoms with van der Waals surface area (Å²) in [5.41, 5.74) is 5.39. The lowest BCUT2D eigenvalue weighted by Crippen LogP contribution is -2.37. The van der Waals surface area contributed by atoms with Gasteiger partial charge in [-0.2, -0.15) is 0 Å². The summed E-state index contributed by atoms with van der Waals surface area (Å²) < 4.78 is 17.4. The van der Waals surface area contributed by atoms with Crippen LogP contribution in [0.5, 0.6) is 11.5 Å². The lowest BCUT2D eigenvalue weighted by atomic mass is 9.85. The molecule has 1 aliphatic heterocycles. The van der Waals surface area contributed by atoms with Crippen LogP contribution >= 0.6 is 11.3 Å². The van der Waals surface area contributed by atoms with Crippen molar-refractivity contribution >= 4 is 34.7 Å². The highest BCUT2D eigenvalue weighted by atomic mass is 32.1. The Bertz CT molecular complexity index is 1510. The topological polar surface area (TPSA) is 80.3 Å². The standard InChI is InChI=1S/C34H43N3O5S/c1-9-37(10-2)18-17-36(7)33(39)42-24-12-13-26(29(19-24)40-8)25-14-15-28-31(22(3)20-34(5,6)35-28)27(25)21-41-32(38)30-16-11-23(4)43-30/h11-16,19-20,35H,9-10,17-18,21H2,1-8H3. The zero-order valence-corrected chi connectivity index (χ0v) is 27.3. The Labute approximate surface area is 259 Å². The lowest BCUT2D eigenvalue weighted by Gasteiger charge is -2.33. The number of likely N-dealkylation sites (N-methyl/N-ethyl adjacent to an activating group) is 2. The molecule has 1 aromatic heterocycles. The Morgan fingerprint density at radius 3 is 2.35 bits per heavy atom. The minimum atomic E-state index is -0.429. The molecule has 8 nitrogen and oxygen atoms in total. The molecule has 1 N–H and O–H groups in total. The molecule has 9 heteroatoms. The van der Waals surface area contributed by atoms with Crippen molar-refractivity contribution in [1.82, 2.24) is 9.80 Å². The van der Waals surface area contributed by atoms with Crippen molar-refractivity contribution in [1.29, 1.82) is 0 Å². The molecule has 0 bridgehead atoms. The number of amides is 1. The molecule has 4 rings (SSSR count). The van der Waals surface area contributed by atoms with E-state index in [4.69, 9.17) is 14.2 Å². The number of carbonyl (C=O) groups excluding carboxylic acids is 2. The van der Waals surface area contributed by atoms with Gasteiger partial charge >= 0.3 is 12.1 Å². The van der Waals surface area contributed by atoms with E-state index in [9.17, 15) is 9.59 Å². The number of fused-ring (bicyclic) bond motifs is 1. The van der Waals surface area contributed by atoms with E-state index >= 15 is 0 Å². The highest BCUT2D eigenvalue weighted by molar-refractivity contribution is 7.13. The first-order valence-electron chi connectivity index (χ1n) is 14.7. The number of anilines is 1. The fourth-order valence-electron chi connectivity index (χ4n) is 5.41. The largest absolute Gasteiger partial charge is 0.496 e. The molecule has 1 amide bonds. The smallest absolute Gasteiger partial charge is 0.415 e. The Kier molecular flexibility index (Phi) is 10.2. The summed E-state index contributed by atoms with van der Waals surface area (Å²) >= 11 is 1.42. The second-order valence-electron chi connectivity index (χ2n) is 11.4. The summed E-state index contributed by atoms with van der Waals surface area (Å²) in [4.78, 5) is 31.2. The number of methoxy groups -OCH3 is 1. The molecule has 3 aromatic rings. The van der Waals surface area contributed by atoms with E-state index in [0.29, 0.717) is 22.9 Å². The first-order chi connectivity index (χ1) is 20.5. The van der Waals surface area contributed by atoms with Crippen molar-refractivity contribution in [2.75, 3.05) is 45.7 Å². The molecule has 2 aromatic carbocycles. The third kappa shape index (κ3) is 7.58. The third-order valence-electron chi connectivity index (χ3n) is 7.66. The summed E-state index contributed by atoms with van der Waals surface area (Å²) in [5, 5.41) is 3.59. The monoisotopic (exact) mass is 605 g/mol. The van der Waals surface area contributed by atoms with E-state index < -0.39 is 6.09 Å². The van der Waals surface area contributed by atoms with Crippen LogP contribution in [0.1, 0.15) is 60.3 Å². The normalized spacial score (nSPS) is 13.6. The van der Waals surface area contributed by atoms with Crippen molar-refractivity contribution in [2.24, 2.45) is 0 Å². The second kappa shape index (κ2) is 13.7. The lowest BCUT2D eigenvalue weighted by molar-refractivity contribution is 0.0479. The van der Waals surface area contributed by atoms with Crippen LogP contribution in [0.25, 0.3) is 16.7 Å². The number of ether oxygens (including phenoxy) is 3. The van der Waals surface area contributed by atoms with Gasteiger partial charge in [0.25, 0.3) is 0 Å². The van der Waals surface area contributed by atoms with Crippen LogP contribution < -0.4 is 14.8 Å². The van der Waals surface area contributed by atoms with Gasteiger partial charge in [0, 0.05) is 53.5 Å². The van der Waals surface area contributed by atoms with Gasteiger partial charge in [-0.1, -0.05) is 26.0 Å². The number of rotatable bonds is 11. The number of thiophene rings is 1. The van der Waals surface area contributed by atoms with E-state index in [2.05, 4.69) is 57.0 Å². The minimum absolute atomic E-state index is 0.0821. The zero-order valence-electron chi connectivity index (χ0n) is 26.5. The van der Waals surface area contributed by atoms with Gasteiger partial charge in [-0.25, -0.2) is 9.59 Å². The van der Waals surface area contributed by atoms with E-state index in [0.717, 1.165) is 58.0 Å². The Morgan fingerprint density at radius 2 is 1.70 bits per heavy atom. The van der Waals surface area contributed by atoms with Crippen LogP contribution in [0.15, 0.2) is 48.5 Å². The van der Waals surface area contributed by atoms with E-state index in [-0.39, 0.29) is 18.1 Å². The molecule has 2 heterocycles. The van der Waals surface area contributed by atoms with Crippen LogP contribution in [0.3, 0.4) is 0 Å². The summed E-state index contributed by atoms with van der Waals surface area (Å²) in [5.74, 6) is 0.578. The van der Waals surface area contributed by atoms with Crippen LogP contribution in [-0.4, -0.2) is 67.7 Å². The van der Waals surface area contributed by atoms with Gasteiger partial charge in [-0.05, 0) is 82.3 Å². The molecule has 0 unspecified atom stereocenters. The van der Waals surface area contributed by atoms with Gasteiger partial charge < -0.3 is 29.3 Å². The first-order valence-corrected chi connectivity index (χ1v) is 15.5. The van der Waals surface area contributed by atoms with Crippen LogP contribution in [0.2, 0.25) is 0 Å². The summed E-state index contributed by atoms with van der Waals surface area (Å²) in [7, 11) is 3.33. The van der Waals surface area contributed by atoms with E-state index in [1.54, 1.807) is 37.3 Å². The van der Waals surface area contributed by atoms with Gasteiger partial charge in [0.05, 0.1) is 12.6 Å². The molecule has 0 aliphatic carbocycles. The molecule has 0 saturated carbocycles. The number of hydrogen-bond donors (Lipinski definition) is 1. The third-order valence-corrected chi connectivity index (χ3v) is 8.64. The fourth-order valence-corrected chi connectivity index (χ4v) is 6.17. The zero-order chi connectivity index (χ0) is 31.3. The highest BCUT2D eigenvalue weighted by Crippen LogP contribution is 2.43. The van der Waals surface area contributed by atoms with Crippen molar-refractivity contribution in [3.63, 3.8) is 0 Å². The Morgan fingerprint density at radius 1 is 0.977 bits per heavy atom. The molecule has 0 saturated heterocycles. The van der Waals surface area contributed by atoms with Crippen LogP contribution in [0, 0.1) is 6.92 Å². The van der Waals surface area contributed by atoms with Crippen molar-refractivity contribution in [3.8, 4) is 22.6 Å². The van der Waals surface area contributed by atoms with Crippen molar-refractivity contribution < 1.29 is 23.8 Å². The maximum absolute atomic E-state index is 13.0. The van der Waals surface area contributed by atoms with Gasteiger partial charge in [0.2, 0.25) is 0 Å². The van der Waals surface area contributed by atoms with E-state index in [1.165, 1.54) is 11.3 Å². The predicted molar refractivity (Wildman–Crippen MR) is 174 cm³/mol. The SMILES string of the molecule is CCN(CC)CCN(C)C(=O)Oc1ccc(-c2ccc3c(c2COC(=O)c2ccc(C)s2)C(C)=CC(C)(C)N3)c(OC)c1. The molecular weight excluding hydrogens is 562 g/mol. The number of nitrogens with one attached hydrogen (secondary N) is 1. The maximum atomic E-state index is 13.0. The number of benzene rings is 2. The molecule has 0 fully saturated rings. The molecule has 0 radical (unpaired) electrons. The molecule has 1 aliphatic rings. The average Bonchev–Trinajstić information content (AvgIpc) is 3.41.